The molecule has 1 fully saturated rings. The zero-order chi connectivity index (χ0) is 7.40. The van der Waals surface area contributed by atoms with Crippen molar-refractivity contribution in [2.75, 3.05) is 6.61 Å². The summed E-state index contributed by atoms with van der Waals surface area (Å²) in [4.78, 5) is 0. The Bertz CT molecular complexity index is 123. The van der Waals surface area contributed by atoms with E-state index in [0.717, 1.165) is 18.9 Å². The van der Waals surface area contributed by atoms with Gasteiger partial charge in [0.15, 0.2) is 0 Å². The first-order valence-corrected chi connectivity index (χ1v) is 4.10. The van der Waals surface area contributed by atoms with Gasteiger partial charge in [0.25, 0.3) is 0 Å². The van der Waals surface area contributed by atoms with Crippen molar-refractivity contribution in [2.24, 2.45) is 5.92 Å². The van der Waals surface area contributed by atoms with E-state index < -0.39 is 0 Å². The molecule has 1 aliphatic carbocycles. The third-order valence-electron chi connectivity index (χ3n) is 1.87. The zero-order valence-electron chi connectivity index (χ0n) is 6.89. The summed E-state index contributed by atoms with van der Waals surface area (Å²) in [6.07, 6.45) is 5.75. The van der Waals surface area contributed by atoms with Crippen LogP contribution < -0.4 is 0 Å². The van der Waals surface area contributed by atoms with Gasteiger partial charge < -0.3 is 4.74 Å². The second kappa shape index (κ2) is 3.65. The molecule has 0 aromatic rings. The second-order valence-corrected chi connectivity index (χ2v) is 3.09. The maximum Gasteiger partial charge on any atom is 0.0901 e. The van der Waals surface area contributed by atoms with Gasteiger partial charge in [-0.3, -0.25) is 0 Å². The minimum absolute atomic E-state index is 0.876. The van der Waals surface area contributed by atoms with Crippen molar-refractivity contribution in [3.05, 3.63) is 11.8 Å². The van der Waals surface area contributed by atoms with Crippen LogP contribution in [0.4, 0.5) is 0 Å². The minimum Gasteiger partial charge on any atom is -0.501 e. The molecule has 1 rings (SSSR count). The highest BCUT2D eigenvalue weighted by Gasteiger charge is 2.21. The lowest BCUT2D eigenvalue weighted by molar-refractivity contribution is 0.231. The SMILES string of the molecule is CC/C(C)=C/OCC1CC1. The fourth-order valence-electron chi connectivity index (χ4n) is 0.694. The molecule has 0 atom stereocenters. The van der Waals surface area contributed by atoms with Crippen molar-refractivity contribution in [3.63, 3.8) is 0 Å². The van der Waals surface area contributed by atoms with E-state index in [1.165, 1.54) is 18.4 Å². The van der Waals surface area contributed by atoms with Crippen molar-refractivity contribution in [2.45, 2.75) is 33.1 Å². The van der Waals surface area contributed by atoms with Crippen LogP contribution in [0.2, 0.25) is 0 Å². The molecular weight excluding hydrogens is 124 g/mol. The van der Waals surface area contributed by atoms with Gasteiger partial charge in [-0.25, -0.2) is 0 Å². The molecule has 10 heavy (non-hydrogen) atoms. The molecule has 1 heteroatoms. The summed E-state index contributed by atoms with van der Waals surface area (Å²) in [6.45, 7) is 5.19. The first kappa shape index (κ1) is 7.64. The van der Waals surface area contributed by atoms with E-state index in [1.54, 1.807) is 0 Å². The Morgan fingerprint density at radius 2 is 2.30 bits per heavy atom. The monoisotopic (exact) mass is 140 g/mol. The predicted molar refractivity (Wildman–Crippen MR) is 42.7 cm³/mol. The summed E-state index contributed by atoms with van der Waals surface area (Å²) < 4.78 is 5.35. The van der Waals surface area contributed by atoms with E-state index >= 15 is 0 Å². The molecule has 0 aromatic carbocycles. The van der Waals surface area contributed by atoms with Crippen molar-refractivity contribution in [1.29, 1.82) is 0 Å². The first-order valence-electron chi connectivity index (χ1n) is 4.10. The Morgan fingerprint density at radius 1 is 1.60 bits per heavy atom. The van der Waals surface area contributed by atoms with E-state index in [1.807, 2.05) is 6.26 Å². The minimum atomic E-state index is 0.876. The number of rotatable bonds is 4. The van der Waals surface area contributed by atoms with E-state index in [4.69, 9.17) is 4.74 Å². The van der Waals surface area contributed by atoms with E-state index in [-0.39, 0.29) is 0 Å². The van der Waals surface area contributed by atoms with Crippen LogP contribution in [0.25, 0.3) is 0 Å². The van der Waals surface area contributed by atoms with Crippen LogP contribution in [0.5, 0.6) is 0 Å². The standard InChI is InChI=1S/C9H16O/c1-3-8(2)6-10-7-9-4-5-9/h6,9H,3-5,7H2,1-2H3/b8-6+. The topological polar surface area (TPSA) is 9.23 Å². The molecule has 0 unspecified atom stereocenters. The molecule has 0 spiro atoms. The highest BCUT2D eigenvalue weighted by Crippen LogP contribution is 2.28. The third kappa shape index (κ3) is 2.90. The molecule has 0 aliphatic heterocycles. The summed E-state index contributed by atoms with van der Waals surface area (Å²) in [5, 5.41) is 0. The van der Waals surface area contributed by atoms with Gasteiger partial charge in [0.1, 0.15) is 0 Å². The van der Waals surface area contributed by atoms with Gasteiger partial charge in [-0.15, -0.1) is 0 Å². The molecule has 1 nitrogen and oxygen atoms in total. The highest BCUT2D eigenvalue weighted by molar-refractivity contribution is 4.91. The van der Waals surface area contributed by atoms with Crippen LogP contribution in [-0.2, 0) is 4.74 Å². The lowest BCUT2D eigenvalue weighted by atomic mass is 10.3. The Hall–Kier alpha value is -0.460. The molecular formula is C9H16O. The van der Waals surface area contributed by atoms with Crippen LogP contribution in [0.3, 0.4) is 0 Å². The average Bonchev–Trinajstić information content (AvgIpc) is 2.71. The van der Waals surface area contributed by atoms with Crippen LogP contribution in [0.1, 0.15) is 33.1 Å². The van der Waals surface area contributed by atoms with E-state index in [0.29, 0.717) is 0 Å². The first-order chi connectivity index (χ1) is 4.83. The van der Waals surface area contributed by atoms with Gasteiger partial charge in [-0.1, -0.05) is 6.92 Å². The molecule has 0 heterocycles. The summed E-state index contributed by atoms with van der Waals surface area (Å²) >= 11 is 0. The van der Waals surface area contributed by atoms with E-state index in [2.05, 4.69) is 13.8 Å². The smallest absolute Gasteiger partial charge is 0.0901 e. The van der Waals surface area contributed by atoms with Gasteiger partial charge in [-0.05, 0) is 37.7 Å². The quantitative estimate of drug-likeness (QED) is 0.545. The summed E-state index contributed by atoms with van der Waals surface area (Å²) in [6, 6.07) is 0. The Morgan fingerprint density at radius 3 is 2.80 bits per heavy atom. The van der Waals surface area contributed by atoms with Crippen LogP contribution >= 0.6 is 0 Å². The van der Waals surface area contributed by atoms with Gasteiger partial charge in [0.2, 0.25) is 0 Å². The Kier molecular flexibility index (Phi) is 2.79. The molecule has 0 saturated heterocycles. The molecule has 0 bridgehead atoms. The average molecular weight is 140 g/mol. The largest absolute Gasteiger partial charge is 0.501 e. The number of hydrogen-bond donors (Lipinski definition) is 0. The molecule has 1 aliphatic rings. The van der Waals surface area contributed by atoms with Gasteiger partial charge in [0, 0.05) is 0 Å². The Balaban J connectivity index is 2.01. The third-order valence-corrected chi connectivity index (χ3v) is 1.87. The summed E-state index contributed by atoms with van der Waals surface area (Å²) in [7, 11) is 0. The van der Waals surface area contributed by atoms with Gasteiger partial charge in [0.05, 0.1) is 12.9 Å². The molecule has 0 radical (unpaired) electrons. The van der Waals surface area contributed by atoms with Crippen molar-refractivity contribution >= 4 is 0 Å². The van der Waals surface area contributed by atoms with Crippen LogP contribution in [-0.4, -0.2) is 6.61 Å². The van der Waals surface area contributed by atoms with Crippen molar-refractivity contribution in [3.8, 4) is 0 Å². The van der Waals surface area contributed by atoms with Crippen molar-refractivity contribution < 1.29 is 4.74 Å². The summed E-state index contributed by atoms with van der Waals surface area (Å²) in [5.74, 6) is 0.876. The van der Waals surface area contributed by atoms with Gasteiger partial charge >= 0.3 is 0 Å². The maximum absolute atomic E-state index is 5.35. The zero-order valence-corrected chi connectivity index (χ0v) is 6.89. The molecule has 58 valence electrons. The molecule has 0 N–H and O–H groups in total. The fourth-order valence-corrected chi connectivity index (χ4v) is 0.694. The normalized spacial score (nSPS) is 19.2. The van der Waals surface area contributed by atoms with E-state index in [9.17, 15) is 0 Å². The number of ether oxygens (including phenoxy) is 1. The van der Waals surface area contributed by atoms with Crippen molar-refractivity contribution in [1.82, 2.24) is 0 Å². The second-order valence-electron chi connectivity index (χ2n) is 3.09. The predicted octanol–water partition coefficient (Wildman–Crippen LogP) is 2.73. The van der Waals surface area contributed by atoms with Crippen LogP contribution in [0, 0.1) is 5.92 Å². The molecule has 0 aromatic heterocycles. The maximum atomic E-state index is 5.35. The fraction of sp³-hybridized carbons (Fsp3) is 0.778. The summed E-state index contributed by atoms with van der Waals surface area (Å²) in [5.41, 5.74) is 1.33. The van der Waals surface area contributed by atoms with Crippen LogP contribution in [0.15, 0.2) is 11.8 Å². The number of hydrogen-bond acceptors (Lipinski definition) is 1. The Labute approximate surface area is 63.1 Å². The highest BCUT2D eigenvalue weighted by atomic mass is 16.5. The van der Waals surface area contributed by atoms with Gasteiger partial charge in [-0.2, -0.15) is 0 Å². The molecule has 0 amide bonds. The number of allylic oxidation sites excluding steroid dienone is 1. The molecule has 1 saturated carbocycles. The lowest BCUT2D eigenvalue weighted by Gasteiger charge is -1.99. The lowest BCUT2D eigenvalue weighted by Crippen LogP contribution is -1.89.